The summed E-state index contributed by atoms with van der Waals surface area (Å²) < 4.78 is 18.9. The van der Waals surface area contributed by atoms with Crippen molar-refractivity contribution < 1.29 is 13.9 Å². The average molecular weight is 238 g/mol. The molecule has 0 N–H and O–H groups in total. The van der Waals surface area contributed by atoms with E-state index in [9.17, 15) is 9.18 Å². The van der Waals surface area contributed by atoms with Crippen LogP contribution in [0.15, 0.2) is 24.3 Å². The predicted molar refractivity (Wildman–Crippen MR) is 65.2 cm³/mol. The minimum Gasteiger partial charge on any atom is -0.465 e. The van der Waals surface area contributed by atoms with Crippen LogP contribution in [0.4, 0.5) is 4.39 Å². The molecule has 0 saturated carbocycles. The largest absolute Gasteiger partial charge is 0.465 e. The van der Waals surface area contributed by atoms with E-state index in [1.807, 2.05) is 13.8 Å². The van der Waals surface area contributed by atoms with E-state index in [0.717, 1.165) is 0 Å². The molecule has 0 fully saturated rings. The Morgan fingerprint density at radius 2 is 2.00 bits per heavy atom. The summed E-state index contributed by atoms with van der Waals surface area (Å²) in [6, 6.07) is 6.37. The molecule has 0 saturated heterocycles. The third kappa shape index (κ3) is 2.48. The fraction of sp³-hybridized carbons (Fsp3) is 0.500. The molecule has 94 valence electrons. The number of carbonyl (C=O) groups excluding carboxylic acids is 1. The van der Waals surface area contributed by atoms with Crippen LogP contribution < -0.4 is 0 Å². The lowest BCUT2D eigenvalue weighted by molar-refractivity contribution is -0.151. The van der Waals surface area contributed by atoms with Crippen LogP contribution in [0, 0.1) is 11.7 Å². The van der Waals surface area contributed by atoms with Crippen LogP contribution in [-0.2, 0) is 14.9 Å². The van der Waals surface area contributed by atoms with Crippen LogP contribution >= 0.6 is 0 Å². The molecule has 1 aromatic rings. The molecule has 1 unspecified atom stereocenters. The third-order valence-electron chi connectivity index (χ3n) is 3.29. The fourth-order valence-electron chi connectivity index (χ4n) is 1.82. The van der Waals surface area contributed by atoms with Crippen molar-refractivity contribution in [3.63, 3.8) is 0 Å². The number of benzene rings is 1. The molecule has 0 spiro atoms. The molecule has 0 aliphatic rings. The van der Waals surface area contributed by atoms with Crippen molar-refractivity contribution >= 4 is 5.97 Å². The monoisotopic (exact) mass is 238 g/mol. The molecule has 1 atom stereocenters. The second kappa shape index (κ2) is 5.30. The lowest BCUT2D eigenvalue weighted by Crippen LogP contribution is -2.40. The SMILES string of the molecule is CCOC(=O)C(C)(c1ccccc1F)C(C)C. The number of esters is 1. The Kier molecular flexibility index (Phi) is 4.27. The molecule has 3 heteroatoms. The van der Waals surface area contributed by atoms with Crippen LogP contribution in [-0.4, -0.2) is 12.6 Å². The van der Waals surface area contributed by atoms with Crippen LogP contribution in [0.1, 0.15) is 33.3 Å². The first-order chi connectivity index (χ1) is 7.94. The summed E-state index contributed by atoms with van der Waals surface area (Å²) in [5.74, 6) is -0.782. The highest BCUT2D eigenvalue weighted by atomic mass is 19.1. The summed E-state index contributed by atoms with van der Waals surface area (Å²) >= 11 is 0. The summed E-state index contributed by atoms with van der Waals surface area (Å²) in [6.45, 7) is 7.57. The van der Waals surface area contributed by atoms with Gasteiger partial charge in [0.25, 0.3) is 0 Å². The molecule has 0 heterocycles. The van der Waals surface area contributed by atoms with Gasteiger partial charge in [-0.05, 0) is 25.8 Å². The maximum absolute atomic E-state index is 13.8. The molecule has 0 radical (unpaired) electrons. The summed E-state index contributed by atoms with van der Waals surface area (Å²) in [7, 11) is 0. The van der Waals surface area contributed by atoms with E-state index in [0.29, 0.717) is 12.2 Å². The third-order valence-corrected chi connectivity index (χ3v) is 3.29. The first-order valence-electron chi connectivity index (χ1n) is 5.86. The highest BCUT2D eigenvalue weighted by molar-refractivity contribution is 5.83. The normalized spacial score (nSPS) is 14.5. The van der Waals surface area contributed by atoms with Gasteiger partial charge in [-0.3, -0.25) is 4.79 Å². The highest BCUT2D eigenvalue weighted by Gasteiger charge is 2.41. The summed E-state index contributed by atoms with van der Waals surface area (Å²) in [4.78, 5) is 12.1. The van der Waals surface area contributed by atoms with Gasteiger partial charge in [0, 0.05) is 5.56 Å². The van der Waals surface area contributed by atoms with Gasteiger partial charge in [0.1, 0.15) is 5.82 Å². The minimum atomic E-state index is -0.943. The van der Waals surface area contributed by atoms with Crippen LogP contribution in [0.2, 0.25) is 0 Å². The van der Waals surface area contributed by atoms with Gasteiger partial charge in [-0.25, -0.2) is 4.39 Å². The fourth-order valence-corrected chi connectivity index (χ4v) is 1.82. The Balaban J connectivity index is 3.26. The average Bonchev–Trinajstić information content (AvgIpc) is 2.28. The van der Waals surface area contributed by atoms with Crippen molar-refractivity contribution in [3.05, 3.63) is 35.6 Å². The van der Waals surface area contributed by atoms with Crippen LogP contribution in [0.25, 0.3) is 0 Å². The smallest absolute Gasteiger partial charge is 0.316 e. The molecule has 1 rings (SSSR count). The standard InChI is InChI=1S/C14H19FO2/c1-5-17-13(16)14(4,10(2)3)11-8-6-7-9-12(11)15/h6-10H,5H2,1-4H3. The van der Waals surface area contributed by atoms with E-state index in [2.05, 4.69) is 0 Å². The van der Waals surface area contributed by atoms with Gasteiger partial charge >= 0.3 is 5.97 Å². The summed E-state index contributed by atoms with van der Waals surface area (Å²) in [6.07, 6.45) is 0. The summed E-state index contributed by atoms with van der Waals surface area (Å²) in [5.41, 5.74) is -0.546. The van der Waals surface area contributed by atoms with E-state index in [1.165, 1.54) is 6.07 Å². The molecule has 2 nitrogen and oxygen atoms in total. The Hall–Kier alpha value is -1.38. The van der Waals surface area contributed by atoms with Gasteiger partial charge < -0.3 is 4.74 Å². The van der Waals surface area contributed by atoms with E-state index in [4.69, 9.17) is 4.74 Å². The van der Waals surface area contributed by atoms with Crippen molar-refractivity contribution in [2.24, 2.45) is 5.92 Å². The molecule has 1 aromatic carbocycles. The van der Waals surface area contributed by atoms with Gasteiger partial charge in [-0.1, -0.05) is 32.0 Å². The second-order valence-electron chi connectivity index (χ2n) is 4.56. The number of hydrogen-bond donors (Lipinski definition) is 0. The highest BCUT2D eigenvalue weighted by Crippen LogP contribution is 2.34. The zero-order valence-corrected chi connectivity index (χ0v) is 10.8. The number of halogens is 1. The molecule has 0 bridgehead atoms. The van der Waals surface area contributed by atoms with Gasteiger partial charge in [-0.15, -0.1) is 0 Å². The second-order valence-corrected chi connectivity index (χ2v) is 4.56. The number of carbonyl (C=O) groups is 1. The van der Waals surface area contributed by atoms with Crippen molar-refractivity contribution in [1.82, 2.24) is 0 Å². The zero-order valence-electron chi connectivity index (χ0n) is 10.8. The maximum Gasteiger partial charge on any atom is 0.316 e. The van der Waals surface area contributed by atoms with E-state index in [-0.39, 0.29) is 17.7 Å². The Morgan fingerprint density at radius 3 is 2.47 bits per heavy atom. The molecular weight excluding hydrogens is 219 g/mol. The topological polar surface area (TPSA) is 26.3 Å². The van der Waals surface area contributed by atoms with Crippen molar-refractivity contribution in [1.29, 1.82) is 0 Å². The predicted octanol–water partition coefficient (Wildman–Crippen LogP) is 3.30. The molecular formula is C14H19FO2. The molecule has 0 aliphatic heterocycles. The van der Waals surface area contributed by atoms with Gasteiger partial charge in [0.15, 0.2) is 0 Å². The first kappa shape index (κ1) is 13.7. The maximum atomic E-state index is 13.8. The lowest BCUT2D eigenvalue weighted by atomic mass is 9.73. The van der Waals surface area contributed by atoms with Crippen LogP contribution in [0.3, 0.4) is 0 Å². The van der Waals surface area contributed by atoms with Crippen molar-refractivity contribution in [2.45, 2.75) is 33.1 Å². The number of rotatable bonds is 4. The lowest BCUT2D eigenvalue weighted by Gasteiger charge is -2.31. The zero-order chi connectivity index (χ0) is 13.1. The number of hydrogen-bond acceptors (Lipinski definition) is 2. The van der Waals surface area contributed by atoms with E-state index in [1.54, 1.807) is 32.0 Å². The molecule has 17 heavy (non-hydrogen) atoms. The van der Waals surface area contributed by atoms with Gasteiger partial charge in [0.05, 0.1) is 12.0 Å². The van der Waals surface area contributed by atoms with Crippen LogP contribution in [0.5, 0.6) is 0 Å². The van der Waals surface area contributed by atoms with Gasteiger partial charge in [0.2, 0.25) is 0 Å². The molecule has 0 amide bonds. The summed E-state index contributed by atoms with van der Waals surface area (Å²) in [5, 5.41) is 0. The number of ether oxygens (including phenoxy) is 1. The van der Waals surface area contributed by atoms with Gasteiger partial charge in [-0.2, -0.15) is 0 Å². The van der Waals surface area contributed by atoms with Crippen molar-refractivity contribution in [2.75, 3.05) is 6.61 Å². The van der Waals surface area contributed by atoms with E-state index < -0.39 is 5.41 Å². The minimum absolute atomic E-state index is 0.0431. The molecule has 0 aromatic heterocycles. The molecule has 0 aliphatic carbocycles. The quantitative estimate of drug-likeness (QED) is 0.752. The van der Waals surface area contributed by atoms with Crippen molar-refractivity contribution in [3.8, 4) is 0 Å². The Labute approximate surface area is 102 Å². The Bertz CT molecular complexity index is 401. The first-order valence-corrected chi connectivity index (χ1v) is 5.86. The van der Waals surface area contributed by atoms with E-state index >= 15 is 0 Å². The Morgan fingerprint density at radius 1 is 1.41 bits per heavy atom.